The maximum atomic E-state index is 13.4. The second-order valence-electron chi connectivity index (χ2n) is 11.9. The van der Waals surface area contributed by atoms with Gasteiger partial charge in [0.2, 0.25) is 0 Å². The Bertz CT molecular complexity index is 1790. The largest absolute Gasteiger partial charge is 0.339 e. The van der Waals surface area contributed by atoms with Crippen molar-refractivity contribution < 1.29 is 9.59 Å². The van der Waals surface area contributed by atoms with Gasteiger partial charge in [-0.1, -0.05) is 61.8 Å². The fourth-order valence-electron chi connectivity index (χ4n) is 5.86. The van der Waals surface area contributed by atoms with Crippen molar-refractivity contribution in [2.24, 2.45) is 5.92 Å². The van der Waals surface area contributed by atoms with Gasteiger partial charge in [0.25, 0.3) is 11.8 Å². The van der Waals surface area contributed by atoms with Gasteiger partial charge in [-0.05, 0) is 95.6 Å². The zero-order valence-corrected chi connectivity index (χ0v) is 25.7. The minimum Gasteiger partial charge on any atom is -0.339 e. The number of carbonyl (C=O) groups excluding carboxylic acids is 2. The molecule has 1 N–H and O–H groups in total. The fourth-order valence-corrected chi connectivity index (χ4v) is 6.02. The molecule has 6 nitrogen and oxygen atoms in total. The molecule has 3 heterocycles. The van der Waals surface area contributed by atoms with Crippen LogP contribution in [0.15, 0.2) is 97.5 Å². The molecule has 0 saturated carbocycles. The van der Waals surface area contributed by atoms with Crippen LogP contribution in [0.5, 0.6) is 0 Å². The van der Waals surface area contributed by atoms with E-state index >= 15 is 0 Å². The second kappa shape index (κ2) is 13.0. The first-order valence-electron chi connectivity index (χ1n) is 15.1. The van der Waals surface area contributed by atoms with Crippen molar-refractivity contribution in [3.63, 3.8) is 0 Å². The number of hydrogen-bond donors (Lipinski definition) is 1. The molecule has 222 valence electrons. The number of nitrogens with zero attached hydrogens (tertiary/aromatic N) is 3. The molecule has 0 aliphatic carbocycles. The smallest absolute Gasteiger partial charge is 0.257 e. The van der Waals surface area contributed by atoms with E-state index in [4.69, 9.17) is 11.6 Å². The second-order valence-corrected chi connectivity index (χ2v) is 12.3. The summed E-state index contributed by atoms with van der Waals surface area (Å²) in [5.41, 5.74) is 5.97. The van der Waals surface area contributed by atoms with E-state index in [1.165, 1.54) is 22.1 Å². The number of nitrogens with one attached hydrogen (secondary N) is 1. The number of carbonyl (C=O) groups is 2. The highest BCUT2D eigenvalue weighted by atomic mass is 35.5. The monoisotopic (exact) mass is 602 g/mol. The van der Waals surface area contributed by atoms with Crippen molar-refractivity contribution in [1.82, 2.24) is 14.9 Å². The van der Waals surface area contributed by atoms with Crippen LogP contribution >= 0.6 is 11.6 Å². The minimum atomic E-state index is -0.315. The number of amides is 2. The predicted molar refractivity (Wildman–Crippen MR) is 177 cm³/mol. The van der Waals surface area contributed by atoms with Gasteiger partial charge in [0.1, 0.15) is 0 Å². The summed E-state index contributed by atoms with van der Waals surface area (Å²) >= 11 is 6.41. The van der Waals surface area contributed by atoms with Gasteiger partial charge in [0.15, 0.2) is 0 Å². The Balaban J connectivity index is 1.07. The van der Waals surface area contributed by atoms with Crippen LogP contribution in [0.2, 0.25) is 5.02 Å². The lowest BCUT2D eigenvalue weighted by molar-refractivity contribution is 0.0712. The van der Waals surface area contributed by atoms with Gasteiger partial charge in [-0.3, -0.25) is 19.6 Å². The number of fused-ring (bicyclic) bond motifs is 1. The van der Waals surface area contributed by atoms with Crippen molar-refractivity contribution in [2.45, 2.75) is 39.0 Å². The van der Waals surface area contributed by atoms with Crippen LogP contribution in [0.25, 0.3) is 21.9 Å². The topological polar surface area (TPSA) is 75.2 Å². The van der Waals surface area contributed by atoms with Gasteiger partial charge in [0.05, 0.1) is 16.3 Å². The number of anilines is 1. The number of hydrogen-bond acceptors (Lipinski definition) is 4. The van der Waals surface area contributed by atoms with E-state index in [0.717, 1.165) is 30.3 Å². The third-order valence-electron chi connectivity index (χ3n) is 8.30. The van der Waals surface area contributed by atoms with Gasteiger partial charge in [-0.25, -0.2) is 0 Å². The molecule has 1 aliphatic rings. The van der Waals surface area contributed by atoms with E-state index in [-0.39, 0.29) is 11.8 Å². The first-order valence-corrected chi connectivity index (χ1v) is 15.5. The molecule has 1 fully saturated rings. The van der Waals surface area contributed by atoms with E-state index in [1.54, 1.807) is 30.5 Å². The summed E-state index contributed by atoms with van der Waals surface area (Å²) in [4.78, 5) is 36.8. The van der Waals surface area contributed by atoms with Crippen molar-refractivity contribution >= 4 is 39.9 Å². The van der Waals surface area contributed by atoms with Crippen molar-refractivity contribution in [3.8, 4) is 11.1 Å². The Morgan fingerprint density at radius 1 is 0.864 bits per heavy atom. The molecule has 0 spiro atoms. The van der Waals surface area contributed by atoms with Crippen molar-refractivity contribution in [3.05, 3.63) is 125 Å². The summed E-state index contributed by atoms with van der Waals surface area (Å²) in [7, 11) is 0. The SMILES string of the molecule is CC(C)Cc1ccc(C(=O)Nc2cc(C(=O)N3CCC(c4ccc(-c5ccc6cnccc6c5)cc4)CC3)ccc2Cl)cn1. The lowest BCUT2D eigenvalue weighted by Gasteiger charge is -2.32. The Hall–Kier alpha value is -4.55. The molecule has 1 aliphatic heterocycles. The van der Waals surface area contributed by atoms with Crippen LogP contribution in [0.1, 0.15) is 64.6 Å². The van der Waals surface area contributed by atoms with E-state index in [2.05, 4.69) is 71.6 Å². The van der Waals surface area contributed by atoms with Gasteiger partial charge >= 0.3 is 0 Å². The summed E-state index contributed by atoms with van der Waals surface area (Å²) in [6.45, 7) is 5.60. The minimum absolute atomic E-state index is 0.0582. The first-order chi connectivity index (χ1) is 21.3. The van der Waals surface area contributed by atoms with Gasteiger partial charge in [-0.15, -0.1) is 0 Å². The van der Waals surface area contributed by atoms with Crippen LogP contribution in [-0.4, -0.2) is 39.8 Å². The van der Waals surface area contributed by atoms with E-state index in [1.807, 2.05) is 29.4 Å². The Morgan fingerprint density at radius 2 is 1.61 bits per heavy atom. The summed E-state index contributed by atoms with van der Waals surface area (Å²) in [6.07, 6.45) is 7.93. The average molecular weight is 603 g/mol. The first kappa shape index (κ1) is 29.5. The highest BCUT2D eigenvalue weighted by Crippen LogP contribution is 2.32. The van der Waals surface area contributed by atoms with Crippen LogP contribution in [0.3, 0.4) is 0 Å². The van der Waals surface area contributed by atoms with E-state index in [9.17, 15) is 9.59 Å². The van der Waals surface area contributed by atoms with Crippen LogP contribution < -0.4 is 5.32 Å². The zero-order valence-electron chi connectivity index (χ0n) is 25.0. The Labute approximate surface area is 263 Å². The molecular formula is C37H35ClN4O2. The lowest BCUT2D eigenvalue weighted by atomic mass is 9.88. The van der Waals surface area contributed by atoms with Crippen LogP contribution in [0, 0.1) is 5.92 Å². The van der Waals surface area contributed by atoms with Gasteiger partial charge in [-0.2, -0.15) is 0 Å². The highest BCUT2D eigenvalue weighted by molar-refractivity contribution is 6.34. The van der Waals surface area contributed by atoms with Crippen molar-refractivity contribution in [1.29, 1.82) is 0 Å². The Kier molecular flexibility index (Phi) is 8.71. The van der Waals surface area contributed by atoms with Crippen LogP contribution in [0.4, 0.5) is 5.69 Å². The average Bonchev–Trinajstić information content (AvgIpc) is 3.05. The molecule has 44 heavy (non-hydrogen) atoms. The molecule has 6 rings (SSSR count). The number of piperidine rings is 1. The van der Waals surface area contributed by atoms with Crippen molar-refractivity contribution in [2.75, 3.05) is 18.4 Å². The number of pyridine rings is 2. The van der Waals surface area contributed by atoms with Gasteiger partial charge < -0.3 is 10.2 Å². The molecule has 2 aromatic heterocycles. The third kappa shape index (κ3) is 6.66. The quantitative estimate of drug-likeness (QED) is 0.203. The lowest BCUT2D eigenvalue weighted by Crippen LogP contribution is -2.38. The molecule has 2 amide bonds. The van der Waals surface area contributed by atoms with E-state index in [0.29, 0.717) is 46.8 Å². The number of benzene rings is 3. The number of likely N-dealkylation sites (tertiary alicyclic amines) is 1. The summed E-state index contributed by atoms with van der Waals surface area (Å²) in [6, 6.07) is 26.0. The maximum absolute atomic E-state index is 13.4. The summed E-state index contributed by atoms with van der Waals surface area (Å²) in [5.74, 6) is 0.511. The predicted octanol–water partition coefficient (Wildman–Crippen LogP) is 8.42. The molecule has 7 heteroatoms. The number of rotatable bonds is 7. The van der Waals surface area contributed by atoms with E-state index < -0.39 is 0 Å². The molecule has 0 bridgehead atoms. The standard InChI is InChI=1S/C37H35ClN4O2/c1-24(2)19-33-11-9-32(23-40-33)36(43)41-35-21-30(10-12-34(35)38)37(44)42-17-14-27(15-18-42)25-3-5-26(6-4-25)28-7-8-31-22-39-16-13-29(31)20-28/h3-13,16,20-24,27H,14-15,17-19H2,1-2H3,(H,41,43). The fraction of sp³-hybridized carbons (Fsp3) is 0.243. The molecule has 5 aromatic rings. The normalized spacial score (nSPS) is 13.8. The molecule has 0 radical (unpaired) electrons. The Morgan fingerprint density at radius 3 is 2.34 bits per heavy atom. The third-order valence-corrected chi connectivity index (χ3v) is 8.63. The summed E-state index contributed by atoms with van der Waals surface area (Å²) < 4.78 is 0. The molecule has 3 aromatic carbocycles. The highest BCUT2D eigenvalue weighted by Gasteiger charge is 2.25. The zero-order chi connectivity index (χ0) is 30.6. The number of aromatic nitrogens is 2. The number of halogens is 1. The molecular weight excluding hydrogens is 568 g/mol. The molecule has 1 saturated heterocycles. The van der Waals surface area contributed by atoms with Gasteiger partial charge in [0, 0.05) is 48.3 Å². The maximum Gasteiger partial charge on any atom is 0.257 e. The molecule has 0 unspecified atom stereocenters. The van der Waals surface area contributed by atoms with Crippen LogP contribution in [-0.2, 0) is 6.42 Å². The summed E-state index contributed by atoms with van der Waals surface area (Å²) in [5, 5.41) is 5.54. The molecule has 0 atom stereocenters.